The van der Waals surface area contributed by atoms with E-state index in [4.69, 9.17) is 5.73 Å². The Labute approximate surface area is 138 Å². The number of hydrogen-bond donors (Lipinski definition) is 2. The summed E-state index contributed by atoms with van der Waals surface area (Å²) in [5.41, 5.74) is 8.41. The molecule has 0 atom stereocenters. The number of rotatable bonds is 4. The summed E-state index contributed by atoms with van der Waals surface area (Å²) in [5, 5.41) is 4.64. The fourth-order valence-corrected chi connectivity index (χ4v) is 2.47. The zero-order valence-electron chi connectivity index (χ0n) is 12.8. The number of nitrogens with zero attached hydrogens (tertiary/aromatic N) is 1. The Hall–Kier alpha value is -3.47. The molecule has 2 aromatic carbocycles. The molecule has 0 aliphatic heterocycles. The third-order valence-electron chi connectivity index (χ3n) is 3.69. The van der Waals surface area contributed by atoms with Crippen LogP contribution in [0.4, 0.5) is 11.4 Å². The minimum atomic E-state index is -0.276. The number of nitrogens with one attached hydrogen (secondary N) is 1. The van der Waals surface area contributed by atoms with Gasteiger partial charge in [0, 0.05) is 16.6 Å². The number of nitrogens with two attached hydrogens (primary N) is 1. The molecule has 0 aliphatic rings. The van der Waals surface area contributed by atoms with Crippen LogP contribution in [0.2, 0.25) is 0 Å². The van der Waals surface area contributed by atoms with E-state index in [9.17, 15) is 9.59 Å². The van der Waals surface area contributed by atoms with Gasteiger partial charge in [-0.25, -0.2) is 4.98 Å². The van der Waals surface area contributed by atoms with Gasteiger partial charge in [-0.15, -0.1) is 0 Å². The minimum absolute atomic E-state index is 0.209. The Morgan fingerprint density at radius 3 is 2.75 bits per heavy atom. The molecule has 0 bridgehead atoms. The van der Waals surface area contributed by atoms with Crippen LogP contribution in [0.5, 0.6) is 0 Å². The quantitative estimate of drug-likeness (QED) is 0.570. The highest BCUT2D eigenvalue weighted by Crippen LogP contribution is 2.29. The van der Waals surface area contributed by atoms with Gasteiger partial charge in [0.25, 0.3) is 0 Å². The molecule has 1 heterocycles. The lowest BCUT2D eigenvalue weighted by molar-refractivity contribution is -0.111. The maximum Gasteiger partial charge on any atom is 0.247 e. The van der Waals surface area contributed by atoms with Crippen molar-refractivity contribution in [2.24, 2.45) is 0 Å². The lowest BCUT2D eigenvalue weighted by Gasteiger charge is -2.10. The third kappa shape index (κ3) is 2.87. The molecule has 1 aromatic heterocycles. The molecule has 0 fully saturated rings. The van der Waals surface area contributed by atoms with Crippen molar-refractivity contribution in [2.45, 2.75) is 0 Å². The van der Waals surface area contributed by atoms with E-state index in [2.05, 4.69) is 16.9 Å². The van der Waals surface area contributed by atoms with Crippen LogP contribution in [0.1, 0.15) is 10.5 Å². The van der Waals surface area contributed by atoms with Crippen molar-refractivity contribution >= 4 is 34.3 Å². The highest BCUT2D eigenvalue weighted by molar-refractivity contribution is 6.06. The van der Waals surface area contributed by atoms with E-state index in [0.29, 0.717) is 23.4 Å². The molecule has 3 aromatic rings. The van der Waals surface area contributed by atoms with Gasteiger partial charge in [0.05, 0.1) is 11.4 Å². The Morgan fingerprint density at radius 1 is 1.17 bits per heavy atom. The predicted molar refractivity (Wildman–Crippen MR) is 95.8 cm³/mol. The van der Waals surface area contributed by atoms with Gasteiger partial charge >= 0.3 is 0 Å². The molecule has 3 N–H and O–H groups in total. The molecule has 5 nitrogen and oxygen atoms in total. The first-order valence-corrected chi connectivity index (χ1v) is 7.30. The smallest absolute Gasteiger partial charge is 0.247 e. The van der Waals surface area contributed by atoms with E-state index in [-0.39, 0.29) is 11.6 Å². The van der Waals surface area contributed by atoms with Gasteiger partial charge in [0.2, 0.25) is 5.91 Å². The summed E-state index contributed by atoms with van der Waals surface area (Å²) in [6.45, 7) is 3.46. The van der Waals surface area contributed by atoms with E-state index >= 15 is 0 Å². The summed E-state index contributed by atoms with van der Waals surface area (Å²) in [6.07, 6.45) is 1.86. The molecule has 0 saturated heterocycles. The fraction of sp³-hybridized carbons (Fsp3) is 0. The second-order valence-corrected chi connectivity index (χ2v) is 5.22. The van der Waals surface area contributed by atoms with E-state index in [0.717, 1.165) is 16.3 Å². The maximum absolute atomic E-state index is 11.6. The van der Waals surface area contributed by atoms with E-state index < -0.39 is 0 Å². The van der Waals surface area contributed by atoms with Crippen LogP contribution in [0.25, 0.3) is 22.0 Å². The van der Waals surface area contributed by atoms with Crippen molar-refractivity contribution in [3.63, 3.8) is 0 Å². The summed E-state index contributed by atoms with van der Waals surface area (Å²) >= 11 is 0. The topological polar surface area (TPSA) is 85.1 Å². The number of pyridine rings is 1. The van der Waals surface area contributed by atoms with Gasteiger partial charge in [0.1, 0.15) is 5.69 Å². The minimum Gasteiger partial charge on any atom is -0.397 e. The molecule has 24 heavy (non-hydrogen) atoms. The molecule has 0 spiro atoms. The highest BCUT2D eigenvalue weighted by Gasteiger charge is 2.08. The fourth-order valence-electron chi connectivity index (χ4n) is 2.47. The maximum atomic E-state index is 11.6. The number of anilines is 2. The first kappa shape index (κ1) is 15.4. The lowest BCUT2D eigenvalue weighted by atomic mass is 10.0. The standard InChI is InChI=1S/C19H15N3O2/c1-2-19(24)22-17-5-3-4-12-6-7-13(10-14(12)17)16-9-8-15(20)18(11-23)21-16/h2-11H,1,20H2,(H,22,24). The summed E-state index contributed by atoms with van der Waals surface area (Å²) in [7, 11) is 0. The first-order valence-electron chi connectivity index (χ1n) is 7.30. The first-order chi connectivity index (χ1) is 11.6. The Balaban J connectivity index is 2.13. The van der Waals surface area contributed by atoms with Crippen molar-refractivity contribution in [1.82, 2.24) is 4.98 Å². The van der Waals surface area contributed by atoms with Gasteiger partial charge in [0.15, 0.2) is 6.29 Å². The number of nitrogen functional groups attached to an aromatic ring is 1. The monoisotopic (exact) mass is 317 g/mol. The van der Waals surface area contributed by atoms with Gasteiger partial charge in [-0.05, 0) is 35.7 Å². The number of benzene rings is 2. The summed E-state index contributed by atoms with van der Waals surface area (Å²) in [6, 6.07) is 14.8. The molecular weight excluding hydrogens is 302 g/mol. The van der Waals surface area contributed by atoms with E-state index in [1.54, 1.807) is 12.1 Å². The Bertz CT molecular complexity index is 964. The predicted octanol–water partition coefficient (Wildman–Crippen LogP) is 3.42. The number of aldehydes is 1. The second kappa shape index (κ2) is 6.34. The molecular formula is C19H15N3O2. The third-order valence-corrected chi connectivity index (χ3v) is 3.69. The largest absolute Gasteiger partial charge is 0.397 e. The number of amides is 1. The van der Waals surface area contributed by atoms with Crippen molar-refractivity contribution in [2.75, 3.05) is 11.1 Å². The lowest BCUT2D eigenvalue weighted by Crippen LogP contribution is -2.07. The number of carbonyl (C=O) groups is 2. The zero-order chi connectivity index (χ0) is 17.1. The highest BCUT2D eigenvalue weighted by atomic mass is 16.1. The van der Waals surface area contributed by atoms with Crippen molar-refractivity contribution in [3.8, 4) is 11.3 Å². The van der Waals surface area contributed by atoms with Crippen LogP contribution in [-0.4, -0.2) is 17.2 Å². The van der Waals surface area contributed by atoms with E-state index in [1.807, 2.05) is 36.4 Å². The summed E-state index contributed by atoms with van der Waals surface area (Å²) in [5.74, 6) is -0.276. The Kier molecular flexibility index (Phi) is 4.07. The van der Waals surface area contributed by atoms with Gasteiger partial charge < -0.3 is 11.1 Å². The van der Waals surface area contributed by atoms with Crippen LogP contribution in [-0.2, 0) is 4.79 Å². The summed E-state index contributed by atoms with van der Waals surface area (Å²) < 4.78 is 0. The average Bonchev–Trinajstić information content (AvgIpc) is 2.62. The molecule has 118 valence electrons. The number of hydrogen-bond acceptors (Lipinski definition) is 4. The number of fused-ring (bicyclic) bond motifs is 1. The number of carbonyl (C=O) groups excluding carboxylic acids is 2. The SMILES string of the molecule is C=CC(=O)Nc1cccc2ccc(-c3ccc(N)c(C=O)n3)cc12. The van der Waals surface area contributed by atoms with Crippen molar-refractivity contribution in [1.29, 1.82) is 0 Å². The van der Waals surface area contributed by atoms with Crippen LogP contribution in [0, 0.1) is 0 Å². The van der Waals surface area contributed by atoms with Gasteiger partial charge in [-0.3, -0.25) is 9.59 Å². The molecule has 0 saturated carbocycles. The van der Waals surface area contributed by atoms with Crippen LogP contribution in [0.3, 0.4) is 0 Å². The van der Waals surface area contributed by atoms with Crippen LogP contribution < -0.4 is 11.1 Å². The second-order valence-electron chi connectivity index (χ2n) is 5.22. The number of aromatic nitrogens is 1. The molecule has 1 amide bonds. The van der Waals surface area contributed by atoms with Crippen LogP contribution >= 0.6 is 0 Å². The Morgan fingerprint density at radius 2 is 2.00 bits per heavy atom. The molecule has 5 heteroatoms. The van der Waals surface area contributed by atoms with Crippen LogP contribution in [0.15, 0.2) is 61.2 Å². The normalized spacial score (nSPS) is 10.3. The average molecular weight is 317 g/mol. The molecule has 3 rings (SSSR count). The van der Waals surface area contributed by atoms with Gasteiger partial charge in [-0.1, -0.05) is 30.8 Å². The van der Waals surface area contributed by atoms with Crippen molar-refractivity contribution in [3.05, 3.63) is 66.9 Å². The van der Waals surface area contributed by atoms with Gasteiger partial charge in [-0.2, -0.15) is 0 Å². The molecule has 0 unspecified atom stereocenters. The zero-order valence-corrected chi connectivity index (χ0v) is 12.8. The van der Waals surface area contributed by atoms with Crippen molar-refractivity contribution < 1.29 is 9.59 Å². The summed E-state index contributed by atoms with van der Waals surface area (Å²) in [4.78, 5) is 26.9. The van der Waals surface area contributed by atoms with E-state index in [1.165, 1.54) is 6.08 Å². The molecule has 0 aliphatic carbocycles. The molecule has 0 radical (unpaired) electrons.